The molecule has 1 aliphatic heterocycles. The van der Waals surface area contributed by atoms with E-state index in [9.17, 15) is 9.59 Å². The van der Waals surface area contributed by atoms with E-state index in [1.807, 2.05) is 25.7 Å². The van der Waals surface area contributed by atoms with Crippen LogP contribution < -0.4 is 4.90 Å². The summed E-state index contributed by atoms with van der Waals surface area (Å²) in [5.74, 6) is 0.717. The number of ether oxygens (including phenoxy) is 1. The van der Waals surface area contributed by atoms with Crippen LogP contribution >= 0.6 is 11.3 Å². The lowest BCUT2D eigenvalue weighted by Crippen LogP contribution is -2.50. The number of aryl methyl sites for hydroxylation is 1. The molecule has 0 spiro atoms. The smallest absolute Gasteiger partial charge is 0.348 e. The van der Waals surface area contributed by atoms with Crippen molar-refractivity contribution in [2.75, 3.05) is 37.7 Å². The molecule has 1 fully saturated rings. The highest BCUT2D eigenvalue weighted by molar-refractivity contribution is 7.20. The van der Waals surface area contributed by atoms with E-state index in [1.54, 1.807) is 6.92 Å². The quantitative estimate of drug-likeness (QED) is 0.763. The van der Waals surface area contributed by atoms with E-state index in [0.29, 0.717) is 37.7 Å². The summed E-state index contributed by atoms with van der Waals surface area (Å²) in [4.78, 5) is 38.6. The second kappa shape index (κ2) is 7.57. The minimum atomic E-state index is -0.314. The summed E-state index contributed by atoms with van der Waals surface area (Å²) in [6, 6.07) is 0. The maximum atomic E-state index is 12.2. The van der Waals surface area contributed by atoms with Crippen LogP contribution in [0.25, 0.3) is 10.2 Å². The van der Waals surface area contributed by atoms with Gasteiger partial charge in [0, 0.05) is 32.1 Å². The van der Waals surface area contributed by atoms with Crippen molar-refractivity contribution in [3.63, 3.8) is 0 Å². The fourth-order valence-corrected chi connectivity index (χ4v) is 4.22. The van der Waals surface area contributed by atoms with Crippen LogP contribution in [0.5, 0.6) is 0 Å². The van der Waals surface area contributed by atoms with Crippen LogP contribution in [0.3, 0.4) is 0 Å². The molecule has 3 rings (SSSR count). The molecule has 140 valence electrons. The normalized spacial score (nSPS) is 15.0. The summed E-state index contributed by atoms with van der Waals surface area (Å²) < 4.78 is 5.15. The Balaban J connectivity index is 1.87. The monoisotopic (exact) mass is 376 g/mol. The summed E-state index contributed by atoms with van der Waals surface area (Å²) in [6.45, 7) is 10.7. The number of hydrogen-bond donors (Lipinski definition) is 0. The van der Waals surface area contributed by atoms with Gasteiger partial charge >= 0.3 is 5.97 Å². The molecule has 0 radical (unpaired) electrons. The minimum absolute atomic E-state index is 0.0126. The highest BCUT2D eigenvalue weighted by Gasteiger charge is 2.27. The van der Waals surface area contributed by atoms with E-state index in [1.165, 1.54) is 17.7 Å². The number of aromatic nitrogens is 2. The Hall–Kier alpha value is -2.22. The van der Waals surface area contributed by atoms with Gasteiger partial charge in [-0.2, -0.15) is 0 Å². The zero-order valence-corrected chi connectivity index (χ0v) is 16.4. The fraction of sp³-hybridized carbons (Fsp3) is 0.556. The maximum Gasteiger partial charge on any atom is 0.348 e. The van der Waals surface area contributed by atoms with E-state index in [2.05, 4.69) is 14.9 Å². The molecule has 1 aliphatic rings. The predicted octanol–water partition coefficient (Wildman–Crippen LogP) is 2.48. The zero-order chi connectivity index (χ0) is 18.8. The van der Waals surface area contributed by atoms with Crippen molar-refractivity contribution in [3.05, 3.63) is 16.8 Å². The lowest BCUT2D eigenvalue weighted by molar-refractivity contribution is -0.134. The molecule has 1 saturated heterocycles. The number of carbonyl (C=O) groups excluding carboxylic acids is 2. The Kier molecular flexibility index (Phi) is 5.41. The fourth-order valence-electron chi connectivity index (χ4n) is 3.19. The number of thiophene rings is 1. The molecule has 26 heavy (non-hydrogen) atoms. The summed E-state index contributed by atoms with van der Waals surface area (Å²) in [5, 5.41) is 0.907. The molecule has 3 heterocycles. The molecule has 0 aliphatic carbocycles. The summed E-state index contributed by atoms with van der Waals surface area (Å²) >= 11 is 1.34. The molecular weight excluding hydrogens is 352 g/mol. The summed E-state index contributed by atoms with van der Waals surface area (Å²) in [5.41, 5.74) is 0.861. The van der Waals surface area contributed by atoms with Gasteiger partial charge in [-0.15, -0.1) is 11.3 Å². The topological polar surface area (TPSA) is 75.6 Å². The first-order valence-corrected chi connectivity index (χ1v) is 9.70. The van der Waals surface area contributed by atoms with Crippen molar-refractivity contribution in [2.24, 2.45) is 5.92 Å². The molecule has 2 aromatic rings. The molecule has 0 unspecified atom stereocenters. The van der Waals surface area contributed by atoms with Crippen LogP contribution in [-0.2, 0) is 9.53 Å². The lowest BCUT2D eigenvalue weighted by atomic mass is 10.1. The highest BCUT2D eigenvalue weighted by atomic mass is 32.1. The van der Waals surface area contributed by atoms with E-state index < -0.39 is 0 Å². The Morgan fingerprint density at radius 2 is 1.92 bits per heavy atom. The number of fused-ring (bicyclic) bond motifs is 1. The molecule has 7 nitrogen and oxygen atoms in total. The first-order valence-electron chi connectivity index (χ1n) is 8.89. The molecule has 0 atom stereocenters. The van der Waals surface area contributed by atoms with Crippen LogP contribution in [0.2, 0.25) is 0 Å². The van der Waals surface area contributed by atoms with Gasteiger partial charge in [0.05, 0.1) is 12.0 Å². The van der Waals surface area contributed by atoms with Gasteiger partial charge in [0.15, 0.2) is 0 Å². The third kappa shape index (κ3) is 3.38. The van der Waals surface area contributed by atoms with Gasteiger partial charge in [-0.1, -0.05) is 13.8 Å². The van der Waals surface area contributed by atoms with Crippen molar-refractivity contribution in [1.82, 2.24) is 14.9 Å². The largest absolute Gasteiger partial charge is 0.462 e. The molecule has 0 aromatic carbocycles. The molecule has 0 N–H and O–H groups in total. The van der Waals surface area contributed by atoms with Gasteiger partial charge in [-0.25, -0.2) is 14.8 Å². The standard InChI is InChI=1S/C18H24N4O3S/c1-5-25-18(24)14-12(4)13-15(19-10-20-16(13)26-14)21-6-8-22(9-7-21)17(23)11(2)3/h10-11H,5-9H2,1-4H3. The van der Waals surface area contributed by atoms with E-state index >= 15 is 0 Å². The Morgan fingerprint density at radius 1 is 1.23 bits per heavy atom. The number of nitrogens with zero attached hydrogens (tertiary/aromatic N) is 4. The zero-order valence-electron chi connectivity index (χ0n) is 15.6. The summed E-state index contributed by atoms with van der Waals surface area (Å²) in [7, 11) is 0. The van der Waals surface area contributed by atoms with Gasteiger partial charge in [0.2, 0.25) is 5.91 Å². The van der Waals surface area contributed by atoms with Gasteiger partial charge in [0.25, 0.3) is 0 Å². The Morgan fingerprint density at radius 3 is 2.54 bits per heavy atom. The molecular formula is C18H24N4O3S. The number of amides is 1. The molecule has 2 aromatic heterocycles. The third-order valence-corrected chi connectivity index (χ3v) is 5.73. The highest BCUT2D eigenvalue weighted by Crippen LogP contribution is 2.35. The van der Waals surface area contributed by atoms with Gasteiger partial charge in [-0.3, -0.25) is 4.79 Å². The van der Waals surface area contributed by atoms with Crippen molar-refractivity contribution in [3.8, 4) is 0 Å². The van der Waals surface area contributed by atoms with E-state index in [-0.39, 0.29) is 17.8 Å². The average molecular weight is 376 g/mol. The number of piperazine rings is 1. The average Bonchev–Trinajstić information content (AvgIpc) is 2.98. The minimum Gasteiger partial charge on any atom is -0.462 e. The lowest BCUT2D eigenvalue weighted by Gasteiger charge is -2.36. The van der Waals surface area contributed by atoms with E-state index in [4.69, 9.17) is 4.74 Å². The first kappa shape index (κ1) is 18.6. The van der Waals surface area contributed by atoms with Crippen LogP contribution in [0.1, 0.15) is 36.0 Å². The second-order valence-electron chi connectivity index (χ2n) is 6.62. The molecule has 8 heteroatoms. The van der Waals surface area contributed by atoms with Crippen molar-refractivity contribution in [2.45, 2.75) is 27.7 Å². The number of anilines is 1. The van der Waals surface area contributed by atoms with Crippen LogP contribution in [0.15, 0.2) is 6.33 Å². The maximum absolute atomic E-state index is 12.2. The van der Waals surface area contributed by atoms with Gasteiger partial charge in [0.1, 0.15) is 21.9 Å². The molecule has 0 saturated carbocycles. The molecule has 1 amide bonds. The first-order chi connectivity index (χ1) is 12.4. The van der Waals surface area contributed by atoms with Gasteiger partial charge in [-0.05, 0) is 19.4 Å². The van der Waals surface area contributed by atoms with Crippen molar-refractivity contribution >= 4 is 39.2 Å². The summed E-state index contributed by atoms with van der Waals surface area (Å²) in [6.07, 6.45) is 1.54. The SMILES string of the molecule is CCOC(=O)c1sc2ncnc(N3CCN(C(=O)C(C)C)CC3)c2c1C. The van der Waals surface area contributed by atoms with Gasteiger partial charge < -0.3 is 14.5 Å². The van der Waals surface area contributed by atoms with Crippen molar-refractivity contribution in [1.29, 1.82) is 0 Å². The second-order valence-corrected chi connectivity index (χ2v) is 7.62. The Labute approximate surface area is 157 Å². The third-order valence-electron chi connectivity index (χ3n) is 4.55. The van der Waals surface area contributed by atoms with E-state index in [0.717, 1.165) is 21.6 Å². The Bertz CT molecular complexity index is 825. The predicted molar refractivity (Wildman–Crippen MR) is 102 cm³/mol. The van der Waals surface area contributed by atoms with Crippen LogP contribution in [-0.4, -0.2) is 59.5 Å². The number of esters is 1. The number of carbonyl (C=O) groups is 2. The van der Waals surface area contributed by atoms with Crippen LogP contribution in [0, 0.1) is 12.8 Å². The molecule has 0 bridgehead atoms. The number of hydrogen-bond acceptors (Lipinski definition) is 7. The van der Waals surface area contributed by atoms with Crippen LogP contribution in [0.4, 0.5) is 5.82 Å². The van der Waals surface area contributed by atoms with Crippen molar-refractivity contribution < 1.29 is 14.3 Å². The number of rotatable bonds is 4.